The van der Waals surface area contributed by atoms with Crippen molar-refractivity contribution < 1.29 is 9.18 Å². The minimum absolute atomic E-state index is 0.130. The average molecular weight is 408 g/mol. The van der Waals surface area contributed by atoms with E-state index in [0.717, 1.165) is 5.46 Å². The number of imidazole rings is 1. The van der Waals surface area contributed by atoms with Gasteiger partial charge in [0.15, 0.2) is 5.65 Å². The molecular weight excluding hydrogens is 392 g/mol. The number of benzene rings is 2. The van der Waals surface area contributed by atoms with Crippen LogP contribution in [0.25, 0.3) is 11.2 Å². The zero-order chi connectivity index (χ0) is 20.5. The second-order valence-corrected chi connectivity index (χ2v) is 7.01. The zero-order valence-electron chi connectivity index (χ0n) is 15.7. The Hall–Kier alpha value is -3.39. The van der Waals surface area contributed by atoms with E-state index in [-0.39, 0.29) is 16.6 Å². The largest absolute Gasteiger partial charge is 0.322 e. The molecule has 4 rings (SSSR count). The molecule has 4 aromatic rings. The van der Waals surface area contributed by atoms with E-state index < -0.39 is 5.82 Å². The molecule has 0 saturated carbocycles. The predicted molar refractivity (Wildman–Crippen MR) is 116 cm³/mol. The summed E-state index contributed by atoms with van der Waals surface area (Å²) in [4.78, 5) is 21.3. The highest BCUT2D eigenvalue weighted by Crippen LogP contribution is 2.29. The number of carbonyl (C=O) groups excluding carboxylic acids is 1. The standard InChI is InChI=1S/C20H16BClFN5O/c1-28-18-16(26-20(28)27-17-14(22)3-2-4-15(17)23)9-11(10-24-18)19(29)25-13-7-5-12(21)6-8-13/h2-10H,21H2,1H3,(H,25,29)(H,26,27). The SMILES string of the molecule is Bc1ccc(NC(=O)c2cnc3c(c2)nc(Nc2c(F)cccc2Cl)n3C)cc1. The van der Waals surface area contributed by atoms with Crippen LogP contribution < -0.4 is 16.1 Å². The van der Waals surface area contributed by atoms with Crippen LogP contribution in [-0.4, -0.2) is 28.3 Å². The Kier molecular flexibility index (Phi) is 4.94. The Labute approximate surface area is 172 Å². The number of amides is 1. The lowest BCUT2D eigenvalue weighted by atomic mass is 9.96. The third kappa shape index (κ3) is 3.79. The van der Waals surface area contributed by atoms with Gasteiger partial charge in [0, 0.05) is 18.9 Å². The van der Waals surface area contributed by atoms with E-state index in [9.17, 15) is 9.18 Å². The molecule has 6 nitrogen and oxygen atoms in total. The van der Waals surface area contributed by atoms with Crippen molar-refractivity contribution in [2.75, 3.05) is 10.6 Å². The summed E-state index contributed by atoms with van der Waals surface area (Å²) in [5, 5.41) is 5.97. The summed E-state index contributed by atoms with van der Waals surface area (Å²) in [5.74, 6) is -0.424. The Morgan fingerprint density at radius 1 is 1.21 bits per heavy atom. The first-order valence-electron chi connectivity index (χ1n) is 8.84. The van der Waals surface area contributed by atoms with E-state index >= 15 is 0 Å². The molecule has 2 N–H and O–H groups in total. The number of carbonyl (C=O) groups is 1. The maximum Gasteiger partial charge on any atom is 0.257 e. The fourth-order valence-corrected chi connectivity index (χ4v) is 3.09. The van der Waals surface area contributed by atoms with Crippen molar-refractivity contribution in [3.63, 3.8) is 0 Å². The van der Waals surface area contributed by atoms with Gasteiger partial charge in [-0.3, -0.25) is 9.36 Å². The minimum atomic E-state index is -0.490. The number of aromatic nitrogens is 3. The summed E-state index contributed by atoms with van der Waals surface area (Å²) in [6.07, 6.45) is 1.48. The number of anilines is 3. The van der Waals surface area contributed by atoms with Crippen LogP contribution in [0, 0.1) is 5.82 Å². The Balaban J connectivity index is 1.63. The molecule has 0 bridgehead atoms. The van der Waals surface area contributed by atoms with Gasteiger partial charge < -0.3 is 10.6 Å². The molecule has 144 valence electrons. The van der Waals surface area contributed by atoms with Gasteiger partial charge in [-0.2, -0.15) is 0 Å². The van der Waals surface area contributed by atoms with Gasteiger partial charge in [0.1, 0.15) is 19.2 Å². The summed E-state index contributed by atoms with van der Waals surface area (Å²) >= 11 is 6.08. The monoisotopic (exact) mass is 407 g/mol. The van der Waals surface area contributed by atoms with E-state index in [1.165, 1.54) is 18.3 Å². The molecule has 0 spiro atoms. The fraction of sp³-hybridized carbons (Fsp3) is 0.0500. The fourth-order valence-electron chi connectivity index (χ4n) is 2.88. The maximum atomic E-state index is 14.1. The molecule has 0 unspecified atom stereocenters. The van der Waals surface area contributed by atoms with Gasteiger partial charge in [-0.25, -0.2) is 14.4 Å². The molecule has 1 amide bonds. The number of hydrogen-bond acceptors (Lipinski definition) is 4. The van der Waals surface area contributed by atoms with Gasteiger partial charge in [-0.15, -0.1) is 0 Å². The normalized spacial score (nSPS) is 10.9. The van der Waals surface area contributed by atoms with Crippen LogP contribution in [0.2, 0.25) is 5.02 Å². The van der Waals surface area contributed by atoms with Gasteiger partial charge in [-0.05, 0) is 30.3 Å². The lowest BCUT2D eigenvalue weighted by molar-refractivity contribution is 0.102. The smallest absolute Gasteiger partial charge is 0.257 e. The van der Waals surface area contributed by atoms with Crippen molar-refractivity contribution in [1.82, 2.24) is 14.5 Å². The lowest BCUT2D eigenvalue weighted by Crippen LogP contribution is -2.13. The number of halogens is 2. The maximum absolute atomic E-state index is 14.1. The van der Waals surface area contributed by atoms with Crippen LogP contribution in [0.4, 0.5) is 21.7 Å². The topological polar surface area (TPSA) is 71.8 Å². The van der Waals surface area contributed by atoms with Crippen LogP contribution in [0.5, 0.6) is 0 Å². The van der Waals surface area contributed by atoms with Crippen LogP contribution in [-0.2, 0) is 7.05 Å². The number of para-hydroxylation sites is 1. The number of fused-ring (bicyclic) bond motifs is 1. The highest BCUT2D eigenvalue weighted by Gasteiger charge is 2.15. The highest BCUT2D eigenvalue weighted by atomic mass is 35.5. The van der Waals surface area contributed by atoms with E-state index in [4.69, 9.17) is 11.6 Å². The molecule has 2 heterocycles. The van der Waals surface area contributed by atoms with Gasteiger partial charge in [0.2, 0.25) is 5.95 Å². The van der Waals surface area contributed by atoms with E-state index in [1.807, 2.05) is 32.1 Å². The lowest BCUT2D eigenvalue weighted by Gasteiger charge is -2.08. The molecular formula is C20H16BClFN5O. The van der Waals surface area contributed by atoms with Crippen molar-refractivity contribution in [2.24, 2.45) is 7.05 Å². The molecule has 29 heavy (non-hydrogen) atoms. The van der Waals surface area contributed by atoms with Crippen molar-refractivity contribution in [1.29, 1.82) is 0 Å². The number of rotatable bonds is 4. The van der Waals surface area contributed by atoms with Crippen LogP contribution in [0.15, 0.2) is 54.7 Å². The molecule has 2 aromatic carbocycles. The van der Waals surface area contributed by atoms with Gasteiger partial charge in [0.05, 0.1) is 16.3 Å². The molecule has 0 fully saturated rings. The van der Waals surface area contributed by atoms with Crippen LogP contribution in [0.3, 0.4) is 0 Å². The molecule has 0 aliphatic carbocycles. The van der Waals surface area contributed by atoms with Crippen molar-refractivity contribution in [3.05, 3.63) is 71.1 Å². The number of hydrogen-bond donors (Lipinski definition) is 2. The quantitative estimate of drug-likeness (QED) is 0.510. The number of aryl methyl sites for hydroxylation is 1. The van der Waals surface area contributed by atoms with Crippen molar-refractivity contribution in [2.45, 2.75) is 0 Å². The number of pyridine rings is 1. The van der Waals surface area contributed by atoms with Gasteiger partial charge in [-0.1, -0.05) is 35.3 Å². The second-order valence-electron chi connectivity index (χ2n) is 6.60. The molecule has 0 aliphatic rings. The third-order valence-electron chi connectivity index (χ3n) is 4.48. The summed E-state index contributed by atoms with van der Waals surface area (Å²) in [6.45, 7) is 0. The van der Waals surface area contributed by atoms with E-state index in [2.05, 4.69) is 20.6 Å². The Morgan fingerprint density at radius 2 is 1.97 bits per heavy atom. The van der Waals surface area contributed by atoms with Crippen molar-refractivity contribution in [3.8, 4) is 0 Å². The summed E-state index contributed by atoms with van der Waals surface area (Å²) in [7, 11) is 3.72. The summed E-state index contributed by atoms with van der Waals surface area (Å²) < 4.78 is 15.7. The van der Waals surface area contributed by atoms with E-state index in [1.54, 1.807) is 23.7 Å². The second kappa shape index (κ2) is 7.56. The average Bonchev–Trinajstić information content (AvgIpc) is 3.01. The number of nitrogens with zero attached hydrogens (tertiary/aromatic N) is 3. The van der Waals surface area contributed by atoms with Gasteiger partial charge in [0.25, 0.3) is 5.91 Å². The van der Waals surface area contributed by atoms with Crippen LogP contribution >= 0.6 is 11.6 Å². The predicted octanol–water partition coefficient (Wildman–Crippen LogP) is 3.02. The van der Waals surface area contributed by atoms with E-state index in [0.29, 0.717) is 28.4 Å². The molecule has 2 aromatic heterocycles. The third-order valence-corrected chi connectivity index (χ3v) is 4.80. The first kappa shape index (κ1) is 19.0. The first-order chi connectivity index (χ1) is 13.9. The van der Waals surface area contributed by atoms with Crippen molar-refractivity contribution >= 4 is 59.3 Å². The molecule has 0 aliphatic heterocycles. The zero-order valence-corrected chi connectivity index (χ0v) is 16.5. The Morgan fingerprint density at radius 3 is 2.69 bits per heavy atom. The number of nitrogens with one attached hydrogen (secondary N) is 2. The highest BCUT2D eigenvalue weighted by molar-refractivity contribution is 6.33. The van der Waals surface area contributed by atoms with Crippen LogP contribution in [0.1, 0.15) is 10.4 Å². The van der Waals surface area contributed by atoms with Gasteiger partial charge >= 0.3 is 0 Å². The first-order valence-corrected chi connectivity index (χ1v) is 9.21. The minimum Gasteiger partial charge on any atom is -0.322 e. The summed E-state index contributed by atoms with van der Waals surface area (Å²) in [5.41, 5.74) is 3.34. The Bertz CT molecular complexity index is 1210. The summed E-state index contributed by atoms with van der Waals surface area (Å²) in [6, 6.07) is 13.6. The molecule has 9 heteroatoms. The molecule has 0 atom stereocenters. The molecule has 0 saturated heterocycles. The molecule has 0 radical (unpaired) electrons.